The van der Waals surface area contributed by atoms with Crippen LogP contribution in [0.5, 0.6) is 0 Å². The van der Waals surface area contributed by atoms with E-state index in [2.05, 4.69) is 0 Å². The number of nitrogens with one attached hydrogen (secondary N) is 1. The molecule has 0 spiro atoms. The first-order valence-electron chi connectivity index (χ1n) is 5.13. The molecule has 0 aromatic carbocycles. The summed E-state index contributed by atoms with van der Waals surface area (Å²) >= 11 is 0. The molecule has 0 aliphatic heterocycles. The maximum atomic E-state index is 12.5. The molecule has 8 heteroatoms. The van der Waals surface area contributed by atoms with Crippen LogP contribution in [0.1, 0.15) is 23.7 Å². The Morgan fingerprint density at radius 2 is 2.00 bits per heavy atom. The van der Waals surface area contributed by atoms with Gasteiger partial charge in [-0.3, -0.25) is 4.79 Å². The predicted octanol–water partition coefficient (Wildman–Crippen LogP) is 0.137. The molecular formula is C10H13F3N2O3. The molecule has 0 saturated heterocycles. The van der Waals surface area contributed by atoms with Gasteiger partial charge in [0.25, 0.3) is 5.56 Å². The molecule has 2 unspecified atom stereocenters. The van der Waals surface area contributed by atoms with Crippen molar-refractivity contribution in [2.45, 2.75) is 24.8 Å². The maximum absolute atomic E-state index is 12.5. The van der Waals surface area contributed by atoms with E-state index in [-0.39, 0.29) is 18.5 Å². The lowest BCUT2D eigenvalue weighted by molar-refractivity contribution is -0.138. The van der Waals surface area contributed by atoms with E-state index < -0.39 is 29.5 Å². The number of aliphatic hydroxyl groups is 2. The van der Waals surface area contributed by atoms with Gasteiger partial charge in [0.2, 0.25) is 0 Å². The molecule has 2 atom stereocenters. The highest BCUT2D eigenvalue weighted by atomic mass is 19.4. The number of aromatic nitrogens is 1. The van der Waals surface area contributed by atoms with E-state index in [0.717, 1.165) is 6.20 Å². The highest BCUT2D eigenvalue weighted by Crippen LogP contribution is 2.28. The van der Waals surface area contributed by atoms with Gasteiger partial charge in [-0.25, -0.2) is 0 Å². The summed E-state index contributed by atoms with van der Waals surface area (Å²) in [5.74, 6) is 0. The molecule has 5 N–H and O–H groups in total. The molecule has 18 heavy (non-hydrogen) atoms. The molecule has 0 aliphatic carbocycles. The minimum atomic E-state index is -4.82. The summed E-state index contributed by atoms with van der Waals surface area (Å²) < 4.78 is 37.4. The number of H-pyrrole nitrogens is 1. The summed E-state index contributed by atoms with van der Waals surface area (Å²) in [4.78, 5) is 12.9. The lowest BCUT2D eigenvalue weighted by atomic mass is 10.0. The molecule has 0 radical (unpaired) electrons. The average molecular weight is 266 g/mol. The number of hydrogen-bond acceptors (Lipinski definition) is 4. The van der Waals surface area contributed by atoms with Crippen LogP contribution in [0.15, 0.2) is 17.1 Å². The van der Waals surface area contributed by atoms with E-state index in [0.29, 0.717) is 6.07 Å². The van der Waals surface area contributed by atoms with Gasteiger partial charge < -0.3 is 20.9 Å². The third kappa shape index (κ3) is 3.31. The molecule has 0 bridgehead atoms. The number of pyridine rings is 1. The average Bonchev–Trinajstić information content (AvgIpc) is 2.27. The molecule has 102 valence electrons. The van der Waals surface area contributed by atoms with Crippen molar-refractivity contribution in [2.24, 2.45) is 5.73 Å². The van der Waals surface area contributed by atoms with E-state index in [1.807, 2.05) is 4.98 Å². The van der Waals surface area contributed by atoms with Crippen molar-refractivity contribution in [1.82, 2.24) is 4.98 Å². The second-order valence-corrected chi connectivity index (χ2v) is 3.76. The summed E-state index contributed by atoms with van der Waals surface area (Å²) in [7, 11) is 0. The van der Waals surface area contributed by atoms with Crippen LogP contribution in [-0.4, -0.2) is 27.8 Å². The normalized spacial score (nSPS) is 15.4. The van der Waals surface area contributed by atoms with Gasteiger partial charge in [-0.05, 0) is 24.6 Å². The van der Waals surface area contributed by atoms with E-state index in [1.54, 1.807) is 0 Å². The first-order valence-corrected chi connectivity index (χ1v) is 5.13. The maximum Gasteiger partial charge on any atom is 0.421 e. The van der Waals surface area contributed by atoms with Gasteiger partial charge in [0.15, 0.2) is 0 Å². The topological polar surface area (TPSA) is 99.3 Å². The van der Waals surface area contributed by atoms with Crippen molar-refractivity contribution in [1.29, 1.82) is 0 Å². The van der Waals surface area contributed by atoms with Gasteiger partial charge in [-0.1, -0.05) is 0 Å². The first-order chi connectivity index (χ1) is 8.27. The van der Waals surface area contributed by atoms with Crippen LogP contribution >= 0.6 is 0 Å². The van der Waals surface area contributed by atoms with Crippen LogP contribution in [0, 0.1) is 0 Å². The van der Waals surface area contributed by atoms with Crippen molar-refractivity contribution >= 4 is 0 Å². The highest BCUT2D eigenvalue weighted by Gasteiger charge is 2.35. The Bertz CT molecular complexity index is 458. The van der Waals surface area contributed by atoms with Crippen LogP contribution in [-0.2, 0) is 6.18 Å². The van der Waals surface area contributed by atoms with E-state index in [4.69, 9.17) is 5.73 Å². The van der Waals surface area contributed by atoms with Gasteiger partial charge in [-0.2, -0.15) is 13.2 Å². The van der Waals surface area contributed by atoms with Crippen molar-refractivity contribution in [3.05, 3.63) is 33.7 Å². The number of nitrogens with two attached hydrogens (primary N) is 1. The lowest BCUT2D eigenvalue weighted by Crippen LogP contribution is -2.25. The molecule has 1 aromatic heterocycles. The number of rotatable bonds is 4. The second-order valence-electron chi connectivity index (χ2n) is 3.76. The zero-order valence-corrected chi connectivity index (χ0v) is 9.24. The van der Waals surface area contributed by atoms with E-state index >= 15 is 0 Å². The van der Waals surface area contributed by atoms with Gasteiger partial charge >= 0.3 is 6.18 Å². The molecule has 0 aliphatic rings. The Morgan fingerprint density at radius 3 is 2.50 bits per heavy atom. The standard InChI is InChI=1S/C10H13F3N2O3/c11-10(12,13)6-3-5(4-15-9(6)18)8(17)7(16)1-2-14/h3-4,7-8,16-17H,1-2,14H2,(H,15,18). The number of alkyl halides is 3. The summed E-state index contributed by atoms with van der Waals surface area (Å²) in [5, 5.41) is 19.0. The third-order valence-electron chi connectivity index (χ3n) is 2.40. The molecule has 1 heterocycles. The van der Waals surface area contributed by atoms with E-state index in [1.165, 1.54) is 0 Å². The number of halogens is 3. The fourth-order valence-electron chi connectivity index (χ4n) is 1.43. The van der Waals surface area contributed by atoms with Crippen molar-refractivity contribution in [2.75, 3.05) is 6.54 Å². The molecular weight excluding hydrogens is 253 g/mol. The minimum absolute atomic E-state index is 0.0294. The molecule has 0 amide bonds. The second kappa shape index (κ2) is 5.51. The zero-order chi connectivity index (χ0) is 13.9. The quantitative estimate of drug-likeness (QED) is 0.622. The SMILES string of the molecule is NCCC(O)C(O)c1c[nH]c(=O)c(C(F)(F)F)c1. The number of hydrogen-bond donors (Lipinski definition) is 4. The molecule has 0 saturated carbocycles. The molecule has 1 rings (SSSR count). The first kappa shape index (κ1) is 14.7. The highest BCUT2D eigenvalue weighted by molar-refractivity contribution is 5.23. The van der Waals surface area contributed by atoms with Gasteiger partial charge in [-0.15, -0.1) is 0 Å². The summed E-state index contributed by atoms with van der Waals surface area (Å²) in [5.41, 5.74) is 2.22. The fourth-order valence-corrected chi connectivity index (χ4v) is 1.43. The smallest absolute Gasteiger partial charge is 0.390 e. The summed E-state index contributed by atoms with van der Waals surface area (Å²) in [6, 6.07) is 0.517. The minimum Gasteiger partial charge on any atom is -0.390 e. The predicted molar refractivity (Wildman–Crippen MR) is 56.7 cm³/mol. The van der Waals surface area contributed by atoms with Crippen LogP contribution < -0.4 is 11.3 Å². The van der Waals surface area contributed by atoms with Gasteiger partial charge in [0, 0.05) is 6.20 Å². The van der Waals surface area contributed by atoms with Crippen molar-refractivity contribution in [3.8, 4) is 0 Å². The Labute approximate surface area is 100 Å². The number of aromatic amines is 1. The van der Waals surface area contributed by atoms with Crippen LogP contribution in [0.25, 0.3) is 0 Å². The Morgan fingerprint density at radius 1 is 1.39 bits per heavy atom. The van der Waals surface area contributed by atoms with Gasteiger partial charge in [0.05, 0.1) is 6.10 Å². The summed E-state index contributed by atoms with van der Waals surface area (Å²) in [6.07, 6.45) is -6.68. The van der Waals surface area contributed by atoms with Crippen LogP contribution in [0.4, 0.5) is 13.2 Å². The monoisotopic (exact) mass is 266 g/mol. The molecule has 5 nitrogen and oxygen atoms in total. The van der Waals surface area contributed by atoms with Gasteiger partial charge in [0.1, 0.15) is 11.7 Å². The summed E-state index contributed by atoms with van der Waals surface area (Å²) in [6.45, 7) is 0.0771. The lowest BCUT2D eigenvalue weighted by Gasteiger charge is -2.18. The Kier molecular flexibility index (Phi) is 4.49. The molecule has 1 aromatic rings. The zero-order valence-electron chi connectivity index (χ0n) is 9.24. The Hall–Kier alpha value is -1.38. The van der Waals surface area contributed by atoms with Crippen LogP contribution in [0.3, 0.4) is 0 Å². The molecule has 0 fully saturated rings. The third-order valence-corrected chi connectivity index (χ3v) is 2.40. The van der Waals surface area contributed by atoms with Crippen molar-refractivity contribution < 1.29 is 23.4 Å². The largest absolute Gasteiger partial charge is 0.421 e. The van der Waals surface area contributed by atoms with E-state index in [9.17, 15) is 28.2 Å². The van der Waals surface area contributed by atoms with Crippen molar-refractivity contribution in [3.63, 3.8) is 0 Å². The van der Waals surface area contributed by atoms with Crippen LogP contribution in [0.2, 0.25) is 0 Å². The Balaban J connectivity index is 3.09. The fraction of sp³-hybridized carbons (Fsp3) is 0.500. The number of aliphatic hydroxyl groups excluding tert-OH is 2.